The van der Waals surface area contributed by atoms with Crippen molar-refractivity contribution in [2.45, 2.75) is 20.8 Å². The molecule has 0 bridgehead atoms. The average Bonchev–Trinajstić information content (AvgIpc) is 2.34. The molecule has 1 heterocycles. The van der Waals surface area contributed by atoms with Gasteiger partial charge in [-0.05, 0) is 13.0 Å². The Morgan fingerprint density at radius 3 is 2.55 bits per heavy atom. The molecular weight excluding hydrogens is 156 g/mol. The Hall–Kier alpha value is -0.630. The molecule has 1 nitrogen and oxygen atoms in total. The number of aryl methyl sites for hydroxylation is 1. The van der Waals surface area contributed by atoms with Crippen LogP contribution in [0.2, 0.25) is 0 Å². The van der Waals surface area contributed by atoms with Gasteiger partial charge in [0, 0.05) is 21.7 Å². The van der Waals surface area contributed by atoms with Crippen molar-refractivity contribution in [2.75, 3.05) is 0 Å². The van der Waals surface area contributed by atoms with Gasteiger partial charge in [0.2, 0.25) is 0 Å². The summed E-state index contributed by atoms with van der Waals surface area (Å²) in [5.74, 6) is 0.360. The van der Waals surface area contributed by atoms with Gasteiger partial charge in [0.05, 0.1) is 0 Å². The fraction of sp³-hybridized carbons (Fsp3) is 0.444. The van der Waals surface area contributed by atoms with E-state index in [0.29, 0.717) is 0 Å². The van der Waals surface area contributed by atoms with Crippen molar-refractivity contribution >= 4 is 17.1 Å². The van der Waals surface area contributed by atoms with Crippen molar-refractivity contribution in [1.82, 2.24) is 0 Å². The number of thiophene rings is 1. The maximum Gasteiger partial charge on any atom is 0.166 e. The minimum absolute atomic E-state index is 0.115. The predicted molar refractivity (Wildman–Crippen MR) is 48.2 cm³/mol. The van der Waals surface area contributed by atoms with Gasteiger partial charge in [0.25, 0.3) is 0 Å². The van der Waals surface area contributed by atoms with Crippen molar-refractivity contribution in [3.05, 3.63) is 21.9 Å². The first kappa shape index (κ1) is 8.47. The van der Waals surface area contributed by atoms with E-state index in [4.69, 9.17) is 0 Å². The lowest BCUT2D eigenvalue weighted by Crippen LogP contribution is -2.05. The molecule has 1 aromatic heterocycles. The first-order chi connectivity index (χ1) is 5.11. The molecule has 0 saturated carbocycles. The molecule has 0 fully saturated rings. The first-order valence-electron chi connectivity index (χ1n) is 3.70. The van der Waals surface area contributed by atoms with Crippen LogP contribution >= 0.6 is 11.3 Å². The van der Waals surface area contributed by atoms with Gasteiger partial charge >= 0.3 is 0 Å². The van der Waals surface area contributed by atoms with E-state index < -0.39 is 0 Å². The Bertz CT molecular complexity index is 260. The molecule has 0 N–H and O–H groups in total. The molecule has 11 heavy (non-hydrogen) atoms. The third-order valence-electron chi connectivity index (χ3n) is 1.54. The van der Waals surface area contributed by atoms with Crippen molar-refractivity contribution in [3.8, 4) is 0 Å². The van der Waals surface area contributed by atoms with Gasteiger partial charge in [0.15, 0.2) is 5.78 Å². The van der Waals surface area contributed by atoms with Crippen LogP contribution in [0.4, 0.5) is 0 Å². The van der Waals surface area contributed by atoms with Crippen LogP contribution in [0.5, 0.6) is 0 Å². The number of ketones is 1. The molecule has 0 aliphatic heterocycles. The quantitative estimate of drug-likeness (QED) is 0.620. The highest BCUT2D eigenvalue weighted by Crippen LogP contribution is 2.16. The molecular formula is C9H12OS. The maximum atomic E-state index is 11.4. The van der Waals surface area contributed by atoms with E-state index in [1.165, 1.54) is 4.88 Å². The van der Waals surface area contributed by atoms with Crippen LogP contribution in [0.3, 0.4) is 0 Å². The molecule has 0 unspecified atom stereocenters. The molecule has 0 spiro atoms. The fourth-order valence-corrected chi connectivity index (χ4v) is 1.60. The normalized spacial score (nSPS) is 10.5. The van der Waals surface area contributed by atoms with E-state index in [1.54, 1.807) is 11.3 Å². The molecule has 0 amide bonds. The van der Waals surface area contributed by atoms with Crippen molar-refractivity contribution in [2.24, 2.45) is 5.92 Å². The summed E-state index contributed by atoms with van der Waals surface area (Å²) >= 11 is 1.63. The Labute approximate surface area is 71.1 Å². The van der Waals surface area contributed by atoms with Crippen LogP contribution < -0.4 is 0 Å². The maximum absolute atomic E-state index is 11.4. The summed E-state index contributed by atoms with van der Waals surface area (Å²) in [4.78, 5) is 12.6. The monoisotopic (exact) mass is 168 g/mol. The molecule has 0 aromatic carbocycles. The summed E-state index contributed by atoms with van der Waals surface area (Å²) in [5.41, 5.74) is 0.863. The molecule has 0 aliphatic rings. The lowest BCUT2D eigenvalue weighted by Gasteiger charge is -1.98. The summed E-state index contributed by atoms with van der Waals surface area (Å²) in [6.07, 6.45) is 0. The fourth-order valence-electron chi connectivity index (χ4n) is 0.906. The standard InChI is InChI=1S/C9H12OS/c1-6(2)9(10)8-4-7(3)11-5-8/h4-6H,1-3H3. The number of carbonyl (C=O) groups is 1. The zero-order valence-electron chi connectivity index (χ0n) is 7.05. The SMILES string of the molecule is Cc1cc(C(=O)C(C)C)cs1. The van der Waals surface area contributed by atoms with E-state index >= 15 is 0 Å². The topological polar surface area (TPSA) is 17.1 Å². The molecule has 60 valence electrons. The number of Topliss-reactive ketones (excluding diaryl/α,β-unsaturated/α-hetero) is 1. The van der Waals surface area contributed by atoms with Crippen molar-refractivity contribution in [3.63, 3.8) is 0 Å². The number of carbonyl (C=O) groups excluding carboxylic acids is 1. The second-order valence-electron chi connectivity index (χ2n) is 2.96. The van der Waals surface area contributed by atoms with E-state index in [2.05, 4.69) is 0 Å². The Balaban J connectivity index is 2.85. The van der Waals surface area contributed by atoms with Crippen LogP contribution in [0.1, 0.15) is 29.1 Å². The van der Waals surface area contributed by atoms with E-state index in [1.807, 2.05) is 32.2 Å². The highest BCUT2D eigenvalue weighted by atomic mass is 32.1. The van der Waals surface area contributed by atoms with Crippen LogP contribution in [0.25, 0.3) is 0 Å². The van der Waals surface area contributed by atoms with Gasteiger partial charge in [-0.1, -0.05) is 13.8 Å². The van der Waals surface area contributed by atoms with Crippen LogP contribution in [0, 0.1) is 12.8 Å². The number of hydrogen-bond acceptors (Lipinski definition) is 2. The van der Waals surface area contributed by atoms with Crippen LogP contribution in [-0.4, -0.2) is 5.78 Å². The molecule has 0 radical (unpaired) electrons. The minimum Gasteiger partial charge on any atom is -0.294 e. The molecule has 0 atom stereocenters. The second-order valence-corrected chi connectivity index (χ2v) is 4.08. The first-order valence-corrected chi connectivity index (χ1v) is 4.58. The van der Waals surface area contributed by atoms with Gasteiger partial charge in [-0.25, -0.2) is 0 Å². The third-order valence-corrected chi connectivity index (χ3v) is 2.40. The lowest BCUT2D eigenvalue weighted by molar-refractivity contribution is 0.0940. The summed E-state index contributed by atoms with van der Waals surface area (Å²) in [5, 5.41) is 1.93. The Morgan fingerprint density at radius 2 is 2.18 bits per heavy atom. The zero-order valence-corrected chi connectivity index (χ0v) is 7.87. The molecule has 1 aromatic rings. The second kappa shape index (κ2) is 3.18. The zero-order chi connectivity index (χ0) is 8.43. The van der Waals surface area contributed by atoms with E-state index in [9.17, 15) is 4.79 Å². The van der Waals surface area contributed by atoms with Gasteiger partial charge < -0.3 is 0 Å². The third kappa shape index (κ3) is 1.90. The van der Waals surface area contributed by atoms with Gasteiger partial charge in [-0.2, -0.15) is 0 Å². The molecule has 2 heteroatoms. The lowest BCUT2D eigenvalue weighted by atomic mass is 10.0. The van der Waals surface area contributed by atoms with Crippen LogP contribution in [0.15, 0.2) is 11.4 Å². The molecule has 1 rings (SSSR count). The molecule has 0 saturated heterocycles. The van der Waals surface area contributed by atoms with Gasteiger partial charge in [-0.3, -0.25) is 4.79 Å². The van der Waals surface area contributed by atoms with Gasteiger partial charge in [0.1, 0.15) is 0 Å². The number of rotatable bonds is 2. The minimum atomic E-state index is 0.115. The Morgan fingerprint density at radius 1 is 1.55 bits per heavy atom. The van der Waals surface area contributed by atoms with Crippen LogP contribution in [-0.2, 0) is 0 Å². The summed E-state index contributed by atoms with van der Waals surface area (Å²) in [6.45, 7) is 5.87. The van der Waals surface area contributed by atoms with E-state index in [0.717, 1.165) is 5.56 Å². The largest absolute Gasteiger partial charge is 0.294 e. The van der Waals surface area contributed by atoms with Crippen molar-refractivity contribution in [1.29, 1.82) is 0 Å². The smallest absolute Gasteiger partial charge is 0.166 e. The average molecular weight is 168 g/mol. The van der Waals surface area contributed by atoms with Crippen molar-refractivity contribution < 1.29 is 4.79 Å². The summed E-state index contributed by atoms with van der Waals surface area (Å²) in [6, 6.07) is 1.95. The Kier molecular flexibility index (Phi) is 2.45. The summed E-state index contributed by atoms with van der Waals surface area (Å²) in [7, 11) is 0. The number of hydrogen-bond donors (Lipinski definition) is 0. The molecule has 0 aliphatic carbocycles. The highest BCUT2D eigenvalue weighted by molar-refractivity contribution is 7.10. The summed E-state index contributed by atoms with van der Waals surface area (Å²) < 4.78 is 0. The van der Waals surface area contributed by atoms with E-state index in [-0.39, 0.29) is 11.7 Å². The highest BCUT2D eigenvalue weighted by Gasteiger charge is 2.10. The van der Waals surface area contributed by atoms with Gasteiger partial charge in [-0.15, -0.1) is 11.3 Å². The predicted octanol–water partition coefficient (Wildman–Crippen LogP) is 2.90.